The van der Waals surface area contributed by atoms with Crippen LogP contribution >= 0.6 is 0 Å². The molecular weight excluding hydrogens is 244 g/mol. The molecule has 1 fully saturated rings. The van der Waals surface area contributed by atoms with E-state index >= 15 is 0 Å². The topological polar surface area (TPSA) is 6.48 Å². The Hall–Kier alpha value is -0.660. The molecule has 114 valence electrons. The van der Waals surface area contributed by atoms with Crippen molar-refractivity contribution in [2.24, 2.45) is 10.8 Å². The molecule has 2 heterocycles. The summed E-state index contributed by atoms with van der Waals surface area (Å²) < 4.78 is 0. The Morgan fingerprint density at radius 1 is 1.20 bits per heavy atom. The molecule has 0 aromatic carbocycles. The predicted octanol–water partition coefficient (Wildman–Crippen LogP) is 4.23. The monoisotopic (exact) mass is 276 g/mol. The van der Waals surface area contributed by atoms with Gasteiger partial charge in [0, 0.05) is 26.2 Å². The number of nitrogens with zero attached hydrogens (tertiary/aromatic N) is 2. The van der Waals surface area contributed by atoms with Crippen LogP contribution in [0.15, 0.2) is 11.4 Å². The molecule has 1 saturated carbocycles. The molecule has 0 saturated heterocycles. The number of hydrogen-bond acceptors (Lipinski definition) is 2. The Morgan fingerprint density at radius 2 is 1.90 bits per heavy atom. The van der Waals surface area contributed by atoms with Crippen LogP contribution in [0.1, 0.15) is 66.2 Å². The average Bonchev–Trinajstić information content (AvgIpc) is 2.36. The average molecular weight is 276 g/mol. The number of allylic oxidation sites excluding steroid dienone is 1. The minimum atomic E-state index is 0.476. The lowest BCUT2D eigenvalue weighted by Gasteiger charge is -2.58. The van der Waals surface area contributed by atoms with E-state index in [9.17, 15) is 0 Å². The highest BCUT2D eigenvalue weighted by Gasteiger charge is 2.50. The summed E-state index contributed by atoms with van der Waals surface area (Å²) >= 11 is 0. The molecule has 1 atom stereocenters. The van der Waals surface area contributed by atoms with Crippen molar-refractivity contribution in [1.82, 2.24) is 9.80 Å². The normalized spacial score (nSPS) is 32.7. The predicted molar refractivity (Wildman–Crippen MR) is 85.4 cm³/mol. The van der Waals surface area contributed by atoms with Gasteiger partial charge in [0.15, 0.2) is 0 Å². The molecular formula is C18H32N2. The van der Waals surface area contributed by atoms with Gasteiger partial charge in [-0.3, -0.25) is 0 Å². The van der Waals surface area contributed by atoms with Gasteiger partial charge in [-0.15, -0.1) is 0 Å². The van der Waals surface area contributed by atoms with Crippen molar-refractivity contribution in [3.05, 3.63) is 11.4 Å². The lowest BCUT2D eigenvalue weighted by atomic mass is 9.57. The molecule has 0 bridgehead atoms. The van der Waals surface area contributed by atoms with E-state index < -0.39 is 0 Å². The van der Waals surface area contributed by atoms with Gasteiger partial charge in [-0.05, 0) is 62.4 Å². The van der Waals surface area contributed by atoms with Crippen LogP contribution in [-0.4, -0.2) is 36.0 Å². The summed E-state index contributed by atoms with van der Waals surface area (Å²) in [5, 5.41) is 0. The largest absolute Gasteiger partial charge is 0.361 e. The fourth-order valence-electron chi connectivity index (χ4n) is 4.55. The van der Waals surface area contributed by atoms with Crippen molar-refractivity contribution >= 4 is 0 Å². The molecule has 2 heteroatoms. The maximum absolute atomic E-state index is 2.71. The zero-order valence-corrected chi connectivity index (χ0v) is 14.1. The molecule has 0 amide bonds. The first kappa shape index (κ1) is 14.3. The highest BCUT2D eigenvalue weighted by atomic mass is 15.3. The zero-order valence-electron chi connectivity index (χ0n) is 14.1. The van der Waals surface area contributed by atoms with Gasteiger partial charge >= 0.3 is 0 Å². The van der Waals surface area contributed by atoms with E-state index in [2.05, 4.69) is 44.5 Å². The summed E-state index contributed by atoms with van der Waals surface area (Å²) in [5.74, 6) is 1.61. The van der Waals surface area contributed by atoms with Crippen LogP contribution in [-0.2, 0) is 0 Å². The molecule has 2 nitrogen and oxygen atoms in total. The second-order valence-electron chi connectivity index (χ2n) is 8.17. The Bertz CT molecular complexity index is 419. The maximum Gasteiger partial charge on any atom is 0.104 e. The summed E-state index contributed by atoms with van der Waals surface area (Å²) in [6, 6.07) is 0.615. The van der Waals surface area contributed by atoms with Gasteiger partial charge in [0.1, 0.15) is 5.82 Å². The van der Waals surface area contributed by atoms with Gasteiger partial charge < -0.3 is 9.80 Å². The Kier molecular flexibility index (Phi) is 3.34. The zero-order chi connectivity index (χ0) is 14.5. The molecule has 20 heavy (non-hydrogen) atoms. The lowest BCUT2D eigenvalue weighted by Crippen LogP contribution is -2.54. The summed E-state index contributed by atoms with van der Waals surface area (Å²) in [6.45, 7) is 12.1. The number of fused-ring (bicyclic) bond motifs is 1. The van der Waals surface area contributed by atoms with Gasteiger partial charge in [0.25, 0.3) is 0 Å². The van der Waals surface area contributed by atoms with E-state index in [0.29, 0.717) is 16.9 Å². The van der Waals surface area contributed by atoms with Crippen LogP contribution < -0.4 is 0 Å². The summed E-state index contributed by atoms with van der Waals surface area (Å²) in [4.78, 5) is 5.26. The van der Waals surface area contributed by atoms with Crippen LogP contribution in [0.4, 0.5) is 0 Å². The lowest BCUT2D eigenvalue weighted by molar-refractivity contribution is 0.0305. The van der Waals surface area contributed by atoms with E-state index in [-0.39, 0.29) is 0 Å². The molecule has 3 aliphatic rings. The summed E-state index contributed by atoms with van der Waals surface area (Å²) in [5.41, 5.74) is 2.89. The second-order valence-corrected chi connectivity index (χ2v) is 8.17. The van der Waals surface area contributed by atoms with E-state index in [0.717, 1.165) is 0 Å². The summed E-state index contributed by atoms with van der Waals surface area (Å²) in [6.07, 6.45) is 8.38. The van der Waals surface area contributed by atoms with Crippen molar-refractivity contribution in [3.8, 4) is 0 Å². The van der Waals surface area contributed by atoms with Crippen molar-refractivity contribution in [2.75, 3.05) is 20.1 Å². The van der Waals surface area contributed by atoms with E-state index in [4.69, 9.17) is 0 Å². The summed E-state index contributed by atoms with van der Waals surface area (Å²) in [7, 11) is 2.31. The molecule has 0 aromatic heterocycles. The maximum atomic E-state index is 2.71. The van der Waals surface area contributed by atoms with Crippen LogP contribution in [0.3, 0.4) is 0 Å². The van der Waals surface area contributed by atoms with Crippen LogP contribution in [0.5, 0.6) is 0 Å². The first-order valence-electron chi connectivity index (χ1n) is 8.62. The minimum Gasteiger partial charge on any atom is -0.361 e. The number of hydrogen-bond donors (Lipinski definition) is 0. The molecule has 0 N–H and O–H groups in total. The van der Waals surface area contributed by atoms with Gasteiger partial charge in [0.2, 0.25) is 0 Å². The molecule has 0 aromatic rings. The highest BCUT2D eigenvalue weighted by Crippen LogP contribution is 2.58. The fourth-order valence-corrected chi connectivity index (χ4v) is 4.55. The molecule has 1 spiro atoms. The molecule has 2 aliphatic heterocycles. The smallest absolute Gasteiger partial charge is 0.104 e. The van der Waals surface area contributed by atoms with E-state index in [1.165, 1.54) is 51.6 Å². The van der Waals surface area contributed by atoms with Crippen molar-refractivity contribution < 1.29 is 0 Å². The fraction of sp³-hybridized carbons (Fsp3) is 0.889. The standard InChI is InChI=1S/C18H32N2/c1-6-17(4)12-15-16(20(13-17)14(2)3)19(5)11-10-18(15)8-7-9-18/h14H,6-13H2,1-5H3. The Labute approximate surface area is 125 Å². The van der Waals surface area contributed by atoms with Crippen LogP contribution in [0, 0.1) is 10.8 Å². The second kappa shape index (κ2) is 4.68. The van der Waals surface area contributed by atoms with E-state index in [1.54, 1.807) is 5.82 Å². The molecule has 3 rings (SSSR count). The van der Waals surface area contributed by atoms with Gasteiger partial charge in [-0.1, -0.05) is 20.3 Å². The molecule has 1 aliphatic carbocycles. The first-order chi connectivity index (χ1) is 9.41. The molecule has 0 radical (unpaired) electrons. The van der Waals surface area contributed by atoms with Crippen LogP contribution in [0.2, 0.25) is 0 Å². The minimum absolute atomic E-state index is 0.476. The van der Waals surface area contributed by atoms with Crippen molar-refractivity contribution in [2.45, 2.75) is 72.3 Å². The third kappa shape index (κ3) is 1.98. The SMILES string of the molecule is CCC1(C)CC2=C(N(C)CCC23CCC3)N(C(C)C)C1. The Morgan fingerprint density at radius 3 is 2.40 bits per heavy atom. The highest BCUT2D eigenvalue weighted by molar-refractivity contribution is 5.30. The molecule has 1 unspecified atom stereocenters. The third-order valence-electron chi connectivity index (χ3n) is 6.41. The van der Waals surface area contributed by atoms with Crippen molar-refractivity contribution in [3.63, 3.8) is 0 Å². The van der Waals surface area contributed by atoms with Crippen molar-refractivity contribution in [1.29, 1.82) is 0 Å². The Balaban J connectivity index is 2.06. The van der Waals surface area contributed by atoms with Gasteiger partial charge in [-0.25, -0.2) is 0 Å². The van der Waals surface area contributed by atoms with E-state index in [1.807, 2.05) is 5.57 Å². The number of rotatable bonds is 2. The van der Waals surface area contributed by atoms with Gasteiger partial charge in [0.05, 0.1) is 0 Å². The third-order valence-corrected chi connectivity index (χ3v) is 6.41. The first-order valence-corrected chi connectivity index (χ1v) is 8.62. The van der Waals surface area contributed by atoms with Gasteiger partial charge in [-0.2, -0.15) is 0 Å². The quantitative estimate of drug-likeness (QED) is 0.744. The van der Waals surface area contributed by atoms with Crippen LogP contribution in [0.25, 0.3) is 0 Å².